The number of nitrogens with one attached hydrogen (secondary N) is 1. The molecule has 0 spiro atoms. The van der Waals surface area contributed by atoms with Gasteiger partial charge in [-0.1, -0.05) is 49.4 Å². The van der Waals surface area contributed by atoms with Crippen LogP contribution in [-0.4, -0.2) is 11.0 Å². The van der Waals surface area contributed by atoms with E-state index in [2.05, 4.69) is 31.3 Å². The number of para-hydroxylation sites is 1. The van der Waals surface area contributed by atoms with Gasteiger partial charge in [-0.05, 0) is 37.0 Å². The fourth-order valence-corrected chi connectivity index (χ4v) is 2.70. The first-order valence-electron chi connectivity index (χ1n) is 7.61. The van der Waals surface area contributed by atoms with E-state index in [1.165, 1.54) is 11.1 Å². The van der Waals surface area contributed by atoms with Crippen LogP contribution in [0.2, 0.25) is 0 Å². The molecule has 3 nitrogen and oxygen atoms in total. The minimum Gasteiger partial charge on any atom is -0.389 e. The summed E-state index contributed by atoms with van der Waals surface area (Å²) >= 11 is 0. The Morgan fingerprint density at radius 3 is 2.27 bits per heavy atom. The summed E-state index contributed by atoms with van der Waals surface area (Å²) in [6.45, 7) is 5.82. The van der Waals surface area contributed by atoms with E-state index in [1.807, 2.05) is 36.4 Å². The Morgan fingerprint density at radius 1 is 1.05 bits per heavy atom. The van der Waals surface area contributed by atoms with Crippen molar-refractivity contribution < 1.29 is 9.90 Å². The van der Waals surface area contributed by atoms with E-state index in [0.29, 0.717) is 12.1 Å². The van der Waals surface area contributed by atoms with Crippen LogP contribution in [0.5, 0.6) is 0 Å². The second-order valence-corrected chi connectivity index (χ2v) is 5.77. The van der Waals surface area contributed by atoms with Gasteiger partial charge < -0.3 is 10.4 Å². The Hall–Kier alpha value is -2.13. The van der Waals surface area contributed by atoms with Gasteiger partial charge in [0.1, 0.15) is 0 Å². The van der Waals surface area contributed by atoms with E-state index in [9.17, 15) is 9.90 Å². The number of carbonyl (C=O) groups excluding carboxylic acids is 1. The number of hydrogen-bond donors (Lipinski definition) is 2. The van der Waals surface area contributed by atoms with Crippen molar-refractivity contribution in [3.8, 4) is 0 Å². The van der Waals surface area contributed by atoms with Gasteiger partial charge in [0.05, 0.1) is 6.10 Å². The molecule has 0 saturated heterocycles. The number of benzene rings is 2. The molecule has 0 fully saturated rings. The molecule has 2 aromatic rings. The zero-order valence-electron chi connectivity index (χ0n) is 13.3. The van der Waals surface area contributed by atoms with Gasteiger partial charge in [-0.25, -0.2) is 0 Å². The first-order chi connectivity index (χ1) is 10.5. The maximum atomic E-state index is 12.3. The highest BCUT2D eigenvalue weighted by Gasteiger charge is 2.15. The molecule has 0 unspecified atom stereocenters. The lowest BCUT2D eigenvalue weighted by Gasteiger charge is -2.16. The Morgan fingerprint density at radius 2 is 1.64 bits per heavy atom. The van der Waals surface area contributed by atoms with Gasteiger partial charge in [-0.2, -0.15) is 0 Å². The van der Waals surface area contributed by atoms with E-state index in [1.54, 1.807) is 6.92 Å². The van der Waals surface area contributed by atoms with Crippen LogP contribution in [-0.2, 0) is 4.79 Å². The molecule has 2 atom stereocenters. The number of amides is 1. The van der Waals surface area contributed by atoms with Gasteiger partial charge >= 0.3 is 0 Å². The minimum atomic E-state index is -0.606. The van der Waals surface area contributed by atoms with Gasteiger partial charge in [-0.15, -0.1) is 0 Å². The van der Waals surface area contributed by atoms with Crippen LogP contribution in [0, 0.1) is 6.92 Å². The average molecular weight is 297 g/mol. The summed E-state index contributed by atoms with van der Waals surface area (Å²) in [6.07, 6.45) is -0.191. The van der Waals surface area contributed by atoms with Crippen LogP contribution in [0.15, 0.2) is 48.5 Å². The topological polar surface area (TPSA) is 49.3 Å². The molecule has 0 saturated carbocycles. The van der Waals surface area contributed by atoms with Gasteiger partial charge in [-0.3, -0.25) is 4.79 Å². The second-order valence-electron chi connectivity index (χ2n) is 5.77. The minimum absolute atomic E-state index is 0.0381. The first kappa shape index (κ1) is 16.2. The molecule has 1 amide bonds. The van der Waals surface area contributed by atoms with Crippen LogP contribution in [0.3, 0.4) is 0 Å². The molecule has 0 bridgehead atoms. The summed E-state index contributed by atoms with van der Waals surface area (Å²) in [7, 11) is 0. The zero-order chi connectivity index (χ0) is 16.1. The monoisotopic (exact) mass is 297 g/mol. The van der Waals surface area contributed by atoms with Crippen LogP contribution in [0.1, 0.15) is 49.0 Å². The van der Waals surface area contributed by atoms with E-state index in [0.717, 1.165) is 5.56 Å². The Bertz CT molecular complexity index is 649. The average Bonchev–Trinajstić information content (AvgIpc) is 2.47. The molecule has 0 radical (unpaired) electrons. The fraction of sp³-hybridized carbons (Fsp3) is 0.316. The maximum absolute atomic E-state index is 12.3. The Labute approximate surface area is 132 Å². The van der Waals surface area contributed by atoms with Crippen molar-refractivity contribution in [3.63, 3.8) is 0 Å². The van der Waals surface area contributed by atoms with Crippen molar-refractivity contribution in [2.24, 2.45) is 0 Å². The number of aliphatic hydroxyl groups is 1. The highest BCUT2D eigenvalue weighted by atomic mass is 16.3. The number of aliphatic hydroxyl groups excluding tert-OH is 1. The largest absolute Gasteiger partial charge is 0.389 e. The molecule has 0 aromatic heterocycles. The molecule has 116 valence electrons. The molecule has 22 heavy (non-hydrogen) atoms. The third kappa shape index (κ3) is 3.95. The van der Waals surface area contributed by atoms with Crippen molar-refractivity contribution in [1.82, 2.24) is 0 Å². The lowest BCUT2D eigenvalue weighted by Crippen LogP contribution is -2.16. The highest BCUT2D eigenvalue weighted by molar-refractivity contribution is 5.92. The van der Waals surface area contributed by atoms with E-state index >= 15 is 0 Å². The summed E-state index contributed by atoms with van der Waals surface area (Å²) in [5.74, 6) is 0.115. The highest BCUT2D eigenvalue weighted by Crippen LogP contribution is 2.25. The second kappa shape index (κ2) is 7.23. The zero-order valence-corrected chi connectivity index (χ0v) is 13.3. The third-order valence-corrected chi connectivity index (χ3v) is 3.90. The summed E-state index contributed by atoms with van der Waals surface area (Å²) in [4.78, 5) is 12.3. The molecular formula is C19H23NO2. The number of aryl methyl sites for hydroxylation is 1. The Balaban J connectivity index is 2.06. The summed E-state index contributed by atoms with van der Waals surface area (Å²) in [5.41, 5.74) is 3.81. The summed E-state index contributed by atoms with van der Waals surface area (Å²) in [5, 5.41) is 12.7. The molecular weight excluding hydrogens is 274 g/mol. The van der Waals surface area contributed by atoms with E-state index < -0.39 is 6.10 Å². The summed E-state index contributed by atoms with van der Waals surface area (Å²) < 4.78 is 0. The smallest absolute Gasteiger partial charge is 0.224 e. The predicted octanol–water partition coefficient (Wildman–Crippen LogP) is 4.18. The van der Waals surface area contributed by atoms with Gasteiger partial charge in [0, 0.05) is 17.7 Å². The van der Waals surface area contributed by atoms with Crippen molar-refractivity contribution in [2.75, 3.05) is 5.32 Å². The lowest BCUT2D eigenvalue weighted by molar-refractivity contribution is -0.116. The number of anilines is 1. The molecule has 0 heterocycles. The maximum Gasteiger partial charge on any atom is 0.224 e. The van der Waals surface area contributed by atoms with Gasteiger partial charge in [0.25, 0.3) is 0 Å². The van der Waals surface area contributed by atoms with E-state index in [-0.39, 0.29) is 11.8 Å². The van der Waals surface area contributed by atoms with Crippen LogP contribution in [0.4, 0.5) is 5.69 Å². The molecule has 2 N–H and O–H groups in total. The van der Waals surface area contributed by atoms with Crippen LogP contribution < -0.4 is 5.32 Å². The third-order valence-electron chi connectivity index (χ3n) is 3.90. The molecule has 0 aliphatic rings. The Kier molecular flexibility index (Phi) is 5.34. The molecule has 2 aromatic carbocycles. The SMILES string of the molecule is Cc1ccccc1[C@@H](C)CC(=O)Nc1ccccc1[C@@H](C)O. The molecule has 2 rings (SSSR count). The molecule has 3 heteroatoms. The quantitative estimate of drug-likeness (QED) is 0.869. The summed E-state index contributed by atoms with van der Waals surface area (Å²) in [6, 6.07) is 15.5. The number of carbonyl (C=O) groups is 1. The fourth-order valence-electron chi connectivity index (χ4n) is 2.70. The van der Waals surface area contributed by atoms with Crippen LogP contribution >= 0.6 is 0 Å². The van der Waals surface area contributed by atoms with Crippen molar-refractivity contribution in [1.29, 1.82) is 0 Å². The van der Waals surface area contributed by atoms with Crippen LogP contribution in [0.25, 0.3) is 0 Å². The lowest BCUT2D eigenvalue weighted by atomic mass is 9.93. The van der Waals surface area contributed by atoms with E-state index in [4.69, 9.17) is 0 Å². The first-order valence-corrected chi connectivity index (χ1v) is 7.61. The molecule has 0 aliphatic heterocycles. The predicted molar refractivity (Wildman–Crippen MR) is 89.9 cm³/mol. The standard InChI is InChI=1S/C19H23NO2/c1-13-8-4-5-9-16(13)14(2)12-19(22)20-18-11-7-6-10-17(18)15(3)21/h4-11,14-15,21H,12H2,1-3H3,(H,20,22)/t14-,15+/m0/s1. The number of hydrogen-bond acceptors (Lipinski definition) is 2. The van der Waals surface area contributed by atoms with Crippen molar-refractivity contribution in [2.45, 2.75) is 39.2 Å². The molecule has 0 aliphatic carbocycles. The normalized spacial score (nSPS) is 13.5. The van der Waals surface area contributed by atoms with Crippen molar-refractivity contribution >= 4 is 11.6 Å². The number of rotatable bonds is 5. The van der Waals surface area contributed by atoms with Gasteiger partial charge in [0.15, 0.2) is 0 Å². The van der Waals surface area contributed by atoms with Crippen molar-refractivity contribution in [3.05, 3.63) is 65.2 Å². The van der Waals surface area contributed by atoms with Gasteiger partial charge in [0.2, 0.25) is 5.91 Å².